The zero-order valence-corrected chi connectivity index (χ0v) is 19.3. The summed E-state index contributed by atoms with van der Waals surface area (Å²) in [7, 11) is 0. The van der Waals surface area contributed by atoms with Gasteiger partial charge >= 0.3 is 12.5 Å². The van der Waals surface area contributed by atoms with Crippen LogP contribution in [-0.2, 0) is 12.7 Å². The summed E-state index contributed by atoms with van der Waals surface area (Å²) < 4.78 is 83.2. The van der Waals surface area contributed by atoms with E-state index in [4.69, 9.17) is 5.73 Å². The van der Waals surface area contributed by atoms with Crippen LogP contribution in [0.2, 0.25) is 0 Å². The highest BCUT2D eigenvalue weighted by Gasteiger charge is 2.54. The Kier molecular flexibility index (Phi) is 6.20. The molecule has 4 N–H and O–H groups in total. The van der Waals surface area contributed by atoms with Gasteiger partial charge < -0.3 is 21.1 Å². The van der Waals surface area contributed by atoms with Crippen molar-refractivity contribution in [2.75, 3.05) is 17.2 Å². The minimum absolute atomic E-state index is 0.109. The van der Waals surface area contributed by atoms with Crippen molar-refractivity contribution in [2.45, 2.75) is 57.2 Å². The second kappa shape index (κ2) is 8.97. The zero-order valence-electron chi connectivity index (χ0n) is 19.3. The molecule has 6 rings (SSSR count). The van der Waals surface area contributed by atoms with Crippen molar-refractivity contribution in [3.8, 4) is 5.75 Å². The maximum absolute atomic E-state index is 13.7. The van der Waals surface area contributed by atoms with Crippen molar-refractivity contribution in [1.29, 1.82) is 0 Å². The number of anilines is 2. The van der Waals surface area contributed by atoms with Gasteiger partial charge in [0.15, 0.2) is 0 Å². The molecule has 4 aliphatic rings. The molecule has 0 spiro atoms. The highest BCUT2D eigenvalue weighted by molar-refractivity contribution is 5.49. The Hall–Kier alpha value is -2.76. The van der Waals surface area contributed by atoms with Crippen LogP contribution in [0.25, 0.3) is 0 Å². The molecule has 0 radical (unpaired) electrons. The van der Waals surface area contributed by atoms with E-state index in [0.29, 0.717) is 30.5 Å². The standard InChI is InChI=1S/C24H27F6N5O/c25-23(26,27)17-11-33-21(32-10-14-3-1-2-4-18(14)36-24(28,29)30)35-20(17)34-12-22-7-13-5-15(8-22)19(31)16(6-13)9-22/h1-4,11,13,15-16,19H,5-10,12,31H2,(H2,32,33,34,35)/t13?,15-,16+,19?,22?. The third kappa shape index (κ3) is 5.18. The molecule has 4 saturated carbocycles. The summed E-state index contributed by atoms with van der Waals surface area (Å²) in [6, 6.07) is 5.65. The number of nitrogens with two attached hydrogens (primary N) is 1. The van der Waals surface area contributed by atoms with Crippen molar-refractivity contribution in [1.82, 2.24) is 9.97 Å². The third-order valence-corrected chi connectivity index (χ3v) is 7.83. The highest BCUT2D eigenvalue weighted by atomic mass is 19.4. The quantitative estimate of drug-likeness (QED) is 0.418. The van der Waals surface area contributed by atoms with Crippen LogP contribution in [0, 0.1) is 23.2 Å². The van der Waals surface area contributed by atoms with E-state index in [9.17, 15) is 26.3 Å². The second-order valence-electron chi connectivity index (χ2n) is 10.4. The third-order valence-electron chi connectivity index (χ3n) is 7.83. The van der Waals surface area contributed by atoms with E-state index in [-0.39, 0.29) is 35.3 Å². The van der Waals surface area contributed by atoms with Gasteiger partial charge in [0.2, 0.25) is 5.95 Å². The van der Waals surface area contributed by atoms with Crippen LogP contribution in [0.15, 0.2) is 30.5 Å². The number of rotatable bonds is 7. The number of hydrogen-bond donors (Lipinski definition) is 3. The first-order valence-electron chi connectivity index (χ1n) is 11.9. The summed E-state index contributed by atoms with van der Waals surface area (Å²) in [5.41, 5.74) is 5.44. The summed E-state index contributed by atoms with van der Waals surface area (Å²) in [6.45, 7) is 0.176. The lowest BCUT2D eigenvalue weighted by Gasteiger charge is -2.59. The van der Waals surface area contributed by atoms with Gasteiger partial charge in [-0.05, 0) is 61.3 Å². The van der Waals surface area contributed by atoms with E-state index in [1.165, 1.54) is 18.2 Å². The van der Waals surface area contributed by atoms with E-state index in [1.807, 2.05) is 0 Å². The first-order chi connectivity index (χ1) is 16.9. The van der Waals surface area contributed by atoms with Crippen LogP contribution in [-0.4, -0.2) is 28.9 Å². The molecule has 196 valence electrons. The van der Waals surface area contributed by atoms with Crippen LogP contribution in [0.4, 0.5) is 38.1 Å². The molecule has 1 aromatic heterocycles. The van der Waals surface area contributed by atoms with Gasteiger partial charge in [-0.1, -0.05) is 18.2 Å². The molecule has 1 heterocycles. The molecule has 1 aromatic carbocycles. The van der Waals surface area contributed by atoms with Crippen LogP contribution in [0.3, 0.4) is 0 Å². The van der Waals surface area contributed by atoms with E-state index >= 15 is 0 Å². The maximum Gasteiger partial charge on any atom is 0.573 e. The molecule has 2 aromatic rings. The molecule has 6 nitrogen and oxygen atoms in total. The highest BCUT2D eigenvalue weighted by Crippen LogP contribution is 2.59. The van der Waals surface area contributed by atoms with Gasteiger partial charge in [0.25, 0.3) is 0 Å². The fourth-order valence-electron chi connectivity index (χ4n) is 6.58. The summed E-state index contributed by atoms with van der Waals surface area (Å²) in [4.78, 5) is 7.80. The number of alkyl halides is 6. The predicted molar refractivity (Wildman–Crippen MR) is 120 cm³/mol. The van der Waals surface area contributed by atoms with Crippen molar-refractivity contribution in [2.24, 2.45) is 28.9 Å². The Bertz CT molecular complexity index is 1090. The summed E-state index contributed by atoms with van der Waals surface area (Å²) in [5.74, 6) is 0.471. The van der Waals surface area contributed by atoms with Crippen molar-refractivity contribution < 1.29 is 31.1 Å². The SMILES string of the molecule is NC1[C@@H]2CC3C[C@H]1CC(CNc1nc(NCc4ccccc4OC(F)(F)F)ncc1C(F)(F)F)(C3)C2. The van der Waals surface area contributed by atoms with Gasteiger partial charge in [0.1, 0.15) is 17.1 Å². The number of nitrogens with zero attached hydrogens (tertiary/aromatic N) is 2. The van der Waals surface area contributed by atoms with E-state index in [2.05, 4.69) is 25.3 Å². The molecule has 4 aliphatic carbocycles. The topological polar surface area (TPSA) is 85.1 Å². The number of hydrogen-bond acceptors (Lipinski definition) is 6. The van der Waals surface area contributed by atoms with E-state index < -0.39 is 23.9 Å². The molecule has 36 heavy (non-hydrogen) atoms. The Morgan fingerprint density at radius 2 is 1.69 bits per heavy atom. The van der Waals surface area contributed by atoms with Crippen molar-refractivity contribution in [3.63, 3.8) is 0 Å². The molecule has 3 unspecified atom stereocenters. The molecule has 0 saturated heterocycles. The Labute approximate surface area is 204 Å². The van der Waals surface area contributed by atoms with Gasteiger partial charge in [0, 0.05) is 30.9 Å². The fraction of sp³-hybridized carbons (Fsp3) is 0.583. The molecule has 12 heteroatoms. The number of nitrogens with one attached hydrogen (secondary N) is 2. The lowest BCUT2D eigenvalue weighted by atomic mass is 9.48. The minimum Gasteiger partial charge on any atom is -0.405 e. The molecule has 4 fully saturated rings. The van der Waals surface area contributed by atoms with Crippen LogP contribution < -0.4 is 21.1 Å². The van der Waals surface area contributed by atoms with Crippen LogP contribution in [0.1, 0.15) is 43.2 Å². The number of para-hydroxylation sites is 1. The molecular formula is C24H27F6N5O. The summed E-state index contributed by atoms with van der Waals surface area (Å²) >= 11 is 0. The number of ether oxygens (including phenoxy) is 1. The number of aromatic nitrogens is 2. The van der Waals surface area contributed by atoms with Gasteiger partial charge in [0.05, 0.1) is 0 Å². The number of benzene rings is 1. The van der Waals surface area contributed by atoms with Crippen molar-refractivity contribution in [3.05, 3.63) is 41.6 Å². The normalized spacial score (nSPS) is 29.3. The second-order valence-corrected chi connectivity index (χ2v) is 10.4. The van der Waals surface area contributed by atoms with Crippen molar-refractivity contribution >= 4 is 11.8 Å². The lowest BCUT2D eigenvalue weighted by molar-refractivity contribution is -0.274. The smallest absolute Gasteiger partial charge is 0.405 e. The van der Waals surface area contributed by atoms with Crippen LogP contribution in [0.5, 0.6) is 5.75 Å². The molecule has 0 amide bonds. The Morgan fingerprint density at radius 1 is 1.00 bits per heavy atom. The van der Waals surface area contributed by atoms with Gasteiger partial charge in [-0.15, -0.1) is 13.2 Å². The summed E-state index contributed by atoms with van der Waals surface area (Å²) in [5, 5.41) is 5.66. The minimum atomic E-state index is -4.88. The van der Waals surface area contributed by atoms with Gasteiger partial charge in [-0.3, -0.25) is 0 Å². The van der Waals surface area contributed by atoms with Gasteiger partial charge in [-0.25, -0.2) is 4.98 Å². The molecule has 4 bridgehead atoms. The monoisotopic (exact) mass is 515 g/mol. The van der Waals surface area contributed by atoms with Gasteiger partial charge in [-0.2, -0.15) is 18.2 Å². The first kappa shape index (κ1) is 24.9. The average Bonchev–Trinajstić information content (AvgIpc) is 2.78. The predicted octanol–water partition coefficient (Wildman–Crippen LogP) is 5.57. The largest absolute Gasteiger partial charge is 0.573 e. The zero-order chi connectivity index (χ0) is 25.7. The lowest BCUT2D eigenvalue weighted by Crippen LogP contribution is -2.58. The average molecular weight is 516 g/mol. The maximum atomic E-state index is 13.7. The van der Waals surface area contributed by atoms with E-state index in [0.717, 1.165) is 38.2 Å². The fourth-order valence-corrected chi connectivity index (χ4v) is 6.58. The first-order valence-corrected chi connectivity index (χ1v) is 11.9. The van der Waals surface area contributed by atoms with E-state index in [1.54, 1.807) is 0 Å². The molecule has 0 aliphatic heterocycles. The molecule has 5 atom stereocenters. The summed E-state index contributed by atoms with van der Waals surface area (Å²) in [6.07, 6.45) is -3.93. The number of halogens is 6. The van der Waals surface area contributed by atoms with Crippen LogP contribution >= 0.6 is 0 Å². The Balaban J connectivity index is 1.32. The molecular weight excluding hydrogens is 488 g/mol. The Morgan fingerprint density at radius 3 is 2.36 bits per heavy atom.